The van der Waals surface area contributed by atoms with Gasteiger partial charge >= 0.3 is 0 Å². The molecule has 3 aliphatic heterocycles. The van der Waals surface area contributed by atoms with E-state index in [1.54, 1.807) is 30.6 Å². The van der Waals surface area contributed by atoms with E-state index in [4.69, 9.17) is 18.9 Å². The Morgan fingerprint density at radius 3 is 2.27 bits per heavy atom. The Morgan fingerprint density at radius 2 is 1.53 bits per heavy atom. The molecule has 51 heavy (non-hydrogen) atoms. The summed E-state index contributed by atoms with van der Waals surface area (Å²) in [6, 6.07) is 34.9. The number of nitrogens with one attached hydrogen (secondary N) is 1. The molecule has 6 aromatic rings. The first-order valence-electron chi connectivity index (χ1n) is 17.2. The van der Waals surface area contributed by atoms with Crippen LogP contribution in [-0.4, -0.2) is 60.5 Å². The summed E-state index contributed by atoms with van der Waals surface area (Å²) in [6.45, 7) is 0.413. The third-order valence-corrected chi connectivity index (χ3v) is 11.0. The summed E-state index contributed by atoms with van der Waals surface area (Å²) < 4.78 is 29.3. The molecule has 1 saturated carbocycles. The predicted molar refractivity (Wildman–Crippen MR) is 185 cm³/mol. The van der Waals surface area contributed by atoms with Gasteiger partial charge in [0.05, 0.1) is 19.0 Å². The van der Waals surface area contributed by atoms with E-state index in [-0.39, 0.29) is 18.1 Å². The minimum atomic E-state index is -1.28. The number of carbonyl (C=O) groups is 1. The predicted octanol–water partition coefficient (Wildman–Crippen LogP) is 6.14. The number of aliphatic hydroxyl groups is 1. The maximum atomic E-state index is 13.0. The highest BCUT2D eigenvalue weighted by Gasteiger charge is 2.73. The molecule has 2 N–H and O–H groups in total. The van der Waals surface area contributed by atoms with Crippen molar-refractivity contribution in [3.8, 4) is 11.5 Å². The van der Waals surface area contributed by atoms with Crippen molar-refractivity contribution in [1.82, 2.24) is 19.5 Å². The number of aromatic nitrogens is 4. The largest absolute Gasteiger partial charge is 0.457 e. The van der Waals surface area contributed by atoms with Gasteiger partial charge < -0.3 is 29.4 Å². The highest BCUT2D eigenvalue weighted by atomic mass is 16.6. The van der Waals surface area contributed by atoms with Crippen LogP contribution in [0.4, 0.5) is 5.82 Å². The molecule has 10 rings (SSSR count). The summed E-state index contributed by atoms with van der Waals surface area (Å²) in [5.41, 5.74) is 0.550. The number of amides is 1. The Bertz CT molecular complexity index is 2250. The zero-order valence-corrected chi connectivity index (χ0v) is 27.4. The van der Waals surface area contributed by atoms with Gasteiger partial charge in [-0.05, 0) is 29.8 Å². The van der Waals surface area contributed by atoms with Crippen molar-refractivity contribution in [1.29, 1.82) is 0 Å². The molecule has 1 unspecified atom stereocenters. The SMILES string of the molecule is O=C(Nc1ncnc2c1ncn2[C@@H]1C[C@@]2(O)C[C@@H]3OCC[C@@]2(O1)C3OC1(c2ccccc2)c2ccccc2Oc2ccccc21)c1ccccc1. The van der Waals surface area contributed by atoms with Gasteiger partial charge in [-0.1, -0.05) is 84.9 Å². The summed E-state index contributed by atoms with van der Waals surface area (Å²) in [6.07, 6.45) is 2.34. The van der Waals surface area contributed by atoms with Gasteiger partial charge in [0.1, 0.15) is 41.4 Å². The second kappa shape index (κ2) is 11.3. The quantitative estimate of drug-likeness (QED) is 0.213. The summed E-state index contributed by atoms with van der Waals surface area (Å²) in [5, 5.41) is 15.5. The second-order valence-corrected chi connectivity index (χ2v) is 13.6. The van der Waals surface area contributed by atoms with E-state index in [2.05, 4.69) is 32.4 Å². The first kappa shape index (κ1) is 30.4. The van der Waals surface area contributed by atoms with E-state index in [9.17, 15) is 9.90 Å². The maximum Gasteiger partial charge on any atom is 0.256 e. The molecule has 1 spiro atoms. The molecule has 11 nitrogen and oxygen atoms in total. The normalized spacial score (nSPS) is 26.9. The van der Waals surface area contributed by atoms with Crippen molar-refractivity contribution in [3.05, 3.63) is 144 Å². The molecule has 5 heterocycles. The topological polar surface area (TPSA) is 130 Å². The Labute approximate surface area is 292 Å². The molecule has 11 heteroatoms. The number of fused-ring (bicyclic) bond motifs is 4. The molecule has 2 bridgehead atoms. The van der Waals surface area contributed by atoms with Crippen LogP contribution in [0.15, 0.2) is 122 Å². The van der Waals surface area contributed by atoms with Crippen LogP contribution in [0.1, 0.15) is 52.5 Å². The molecule has 3 fully saturated rings. The average Bonchev–Trinajstić information content (AvgIpc) is 3.75. The number of ether oxygens (including phenoxy) is 4. The van der Waals surface area contributed by atoms with Gasteiger partial charge in [0.25, 0.3) is 5.91 Å². The second-order valence-electron chi connectivity index (χ2n) is 13.6. The van der Waals surface area contributed by atoms with E-state index < -0.39 is 35.2 Å². The van der Waals surface area contributed by atoms with Crippen molar-refractivity contribution in [2.75, 3.05) is 11.9 Å². The van der Waals surface area contributed by atoms with Crippen LogP contribution in [0, 0.1) is 0 Å². The average molecular weight is 680 g/mol. The number of hydrogen-bond acceptors (Lipinski definition) is 9. The van der Waals surface area contributed by atoms with Gasteiger partial charge in [-0.2, -0.15) is 0 Å². The standard InChI is InChI=1S/C40H33N5O6/c46-37(25-11-3-1-4-12-25)44-35-33-36(42-23-41-35)45(24-43-33)32-22-38(47)21-31-34(39(38,50-32)19-20-48-31)51-40(26-13-5-2-6-14-26)27-15-7-9-17-29(27)49-30-18-10-8-16-28(30)40/h1-18,23-24,31-32,34,47H,19-22H2,(H,41,42,44,46)/t31-,32-,34?,38-,39+/m0/s1. The van der Waals surface area contributed by atoms with Crippen LogP contribution in [-0.2, 0) is 19.8 Å². The molecular weight excluding hydrogens is 646 g/mol. The van der Waals surface area contributed by atoms with Gasteiger partial charge in [-0.3, -0.25) is 9.36 Å². The van der Waals surface area contributed by atoms with Crippen LogP contribution in [0.5, 0.6) is 11.5 Å². The number of imidazole rings is 1. The van der Waals surface area contributed by atoms with Crippen molar-refractivity contribution < 1.29 is 28.8 Å². The Kier molecular flexibility index (Phi) is 6.71. The molecule has 4 aromatic carbocycles. The fraction of sp³-hybridized carbons (Fsp3) is 0.250. The van der Waals surface area contributed by atoms with Gasteiger partial charge in [0.15, 0.2) is 22.6 Å². The van der Waals surface area contributed by atoms with Crippen molar-refractivity contribution in [3.63, 3.8) is 0 Å². The maximum absolute atomic E-state index is 13.0. The van der Waals surface area contributed by atoms with E-state index in [0.29, 0.717) is 47.7 Å². The van der Waals surface area contributed by atoms with Crippen LogP contribution in [0.3, 0.4) is 0 Å². The Hall–Kier alpha value is -5.46. The highest BCUT2D eigenvalue weighted by Crippen LogP contribution is 2.62. The Morgan fingerprint density at radius 1 is 0.843 bits per heavy atom. The Balaban J connectivity index is 1.05. The number of benzene rings is 4. The van der Waals surface area contributed by atoms with Gasteiger partial charge in [-0.25, -0.2) is 15.0 Å². The molecule has 2 saturated heterocycles. The number of nitrogens with zero attached hydrogens (tertiary/aromatic N) is 4. The van der Waals surface area contributed by atoms with Crippen LogP contribution < -0.4 is 10.1 Å². The number of para-hydroxylation sites is 2. The lowest BCUT2D eigenvalue weighted by atomic mass is 9.76. The lowest BCUT2D eigenvalue weighted by molar-refractivity contribution is -0.246. The highest BCUT2D eigenvalue weighted by molar-refractivity contribution is 6.06. The van der Waals surface area contributed by atoms with E-state index in [1.807, 2.05) is 77.4 Å². The third-order valence-electron chi connectivity index (χ3n) is 11.0. The fourth-order valence-electron chi connectivity index (χ4n) is 8.70. The first-order valence-corrected chi connectivity index (χ1v) is 17.2. The molecule has 5 atom stereocenters. The number of anilines is 1. The first-order chi connectivity index (χ1) is 25.0. The fourth-order valence-corrected chi connectivity index (χ4v) is 8.70. The van der Waals surface area contributed by atoms with Gasteiger partial charge in [-0.15, -0.1) is 0 Å². The molecule has 0 radical (unpaired) electrons. The summed E-state index contributed by atoms with van der Waals surface area (Å²) in [4.78, 5) is 26.5. The monoisotopic (exact) mass is 679 g/mol. The number of rotatable bonds is 6. The number of hydrogen-bond donors (Lipinski definition) is 2. The molecule has 254 valence electrons. The van der Waals surface area contributed by atoms with Crippen molar-refractivity contribution in [2.24, 2.45) is 0 Å². The molecule has 1 aliphatic carbocycles. The van der Waals surface area contributed by atoms with E-state index >= 15 is 0 Å². The lowest BCUT2D eigenvalue weighted by Crippen LogP contribution is -2.59. The molecule has 4 aliphatic rings. The van der Waals surface area contributed by atoms with E-state index in [1.165, 1.54) is 6.33 Å². The van der Waals surface area contributed by atoms with Gasteiger partial charge in [0.2, 0.25) is 0 Å². The number of carbonyl (C=O) groups excluding carboxylic acids is 1. The smallest absolute Gasteiger partial charge is 0.256 e. The zero-order chi connectivity index (χ0) is 34.2. The molecule has 2 aromatic heterocycles. The molecular formula is C40H33N5O6. The van der Waals surface area contributed by atoms with Crippen molar-refractivity contribution >= 4 is 22.9 Å². The van der Waals surface area contributed by atoms with Crippen molar-refractivity contribution in [2.45, 2.75) is 54.5 Å². The minimum Gasteiger partial charge on any atom is -0.457 e. The lowest BCUT2D eigenvalue weighted by Gasteiger charge is -2.48. The summed E-state index contributed by atoms with van der Waals surface area (Å²) >= 11 is 0. The van der Waals surface area contributed by atoms with Crippen LogP contribution in [0.2, 0.25) is 0 Å². The van der Waals surface area contributed by atoms with E-state index in [0.717, 1.165) is 16.7 Å². The summed E-state index contributed by atoms with van der Waals surface area (Å²) in [7, 11) is 0. The third kappa shape index (κ3) is 4.39. The van der Waals surface area contributed by atoms with Gasteiger partial charge in [0, 0.05) is 36.0 Å². The van der Waals surface area contributed by atoms with Crippen LogP contribution in [0.25, 0.3) is 11.2 Å². The zero-order valence-electron chi connectivity index (χ0n) is 27.4. The summed E-state index contributed by atoms with van der Waals surface area (Å²) in [5.74, 6) is 1.38. The van der Waals surface area contributed by atoms with Crippen LogP contribution >= 0.6 is 0 Å². The minimum absolute atomic E-state index is 0.266. The molecule has 1 amide bonds.